The van der Waals surface area contributed by atoms with Crippen molar-refractivity contribution in [2.75, 3.05) is 13.1 Å². The summed E-state index contributed by atoms with van der Waals surface area (Å²) < 4.78 is 0. The summed E-state index contributed by atoms with van der Waals surface area (Å²) in [6, 6.07) is 0.767. The highest BCUT2D eigenvalue weighted by Gasteiger charge is 2.33. The van der Waals surface area contributed by atoms with Crippen molar-refractivity contribution in [2.45, 2.75) is 64.7 Å². The van der Waals surface area contributed by atoms with Crippen LogP contribution in [0.3, 0.4) is 0 Å². The minimum absolute atomic E-state index is 0. The van der Waals surface area contributed by atoms with E-state index in [4.69, 9.17) is 0 Å². The molecule has 2 atom stereocenters. The average Bonchev–Trinajstić information content (AvgIpc) is 2.96. The van der Waals surface area contributed by atoms with Crippen LogP contribution >= 0.6 is 12.4 Å². The van der Waals surface area contributed by atoms with Crippen molar-refractivity contribution >= 4 is 24.1 Å². The van der Waals surface area contributed by atoms with Gasteiger partial charge in [-0.15, -0.1) is 12.4 Å². The van der Waals surface area contributed by atoms with Crippen LogP contribution in [0.2, 0.25) is 0 Å². The molecule has 2 rings (SSSR count). The highest BCUT2D eigenvalue weighted by Crippen LogP contribution is 2.20. The fourth-order valence-electron chi connectivity index (χ4n) is 2.19. The molecular weight excluding hydrogens is 288 g/mol. The number of rotatable bonds is 4. The first-order valence-corrected chi connectivity index (χ1v) is 7.28. The SMILES string of the molecule is CC1CN=C(C(C)(C)/N=N/C(C)(C)C2=NCC(C)N2)N1.Cl. The normalized spacial score (nSPS) is 26.0. The number of hydrogen-bond donors (Lipinski definition) is 2. The van der Waals surface area contributed by atoms with Gasteiger partial charge in [0, 0.05) is 12.1 Å². The van der Waals surface area contributed by atoms with Gasteiger partial charge < -0.3 is 10.6 Å². The number of nitrogens with zero attached hydrogens (tertiary/aromatic N) is 4. The predicted molar refractivity (Wildman–Crippen MR) is 90.1 cm³/mol. The lowest BCUT2D eigenvalue weighted by Crippen LogP contribution is -2.43. The molecule has 0 radical (unpaired) electrons. The van der Waals surface area contributed by atoms with E-state index >= 15 is 0 Å². The number of nitrogens with one attached hydrogen (secondary N) is 2. The molecule has 0 spiro atoms. The molecule has 2 N–H and O–H groups in total. The number of aliphatic imine (C=N–C) groups is 2. The summed E-state index contributed by atoms with van der Waals surface area (Å²) in [6.45, 7) is 14.0. The molecule has 0 saturated heterocycles. The van der Waals surface area contributed by atoms with E-state index in [0.717, 1.165) is 24.8 Å². The Labute approximate surface area is 133 Å². The lowest BCUT2D eigenvalue weighted by atomic mass is 10.0. The van der Waals surface area contributed by atoms with Crippen LogP contribution in [0, 0.1) is 0 Å². The molecule has 7 heteroatoms. The Morgan fingerprint density at radius 2 is 1.19 bits per heavy atom. The zero-order valence-corrected chi connectivity index (χ0v) is 14.6. The summed E-state index contributed by atoms with van der Waals surface area (Å²) in [5, 5.41) is 15.8. The van der Waals surface area contributed by atoms with E-state index in [1.807, 2.05) is 27.7 Å². The Morgan fingerprint density at radius 3 is 1.43 bits per heavy atom. The Balaban J connectivity index is 0.00000220. The van der Waals surface area contributed by atoms with Crippen LogP contribution in [-0.4, -0.2) is 47.9 Å². The minimum Gasteiger partial charge on any atom is -0.367 e. The van der Waals surface area contributed by atoms with Crippen molar-refractivity contribution in [3.05, 3.63) is 0 Å². The van der Waals surface area contributed by atoms with Gasteiger partial charge in [-0.2, -0.15) is 10.2 Å². The molecule has 0 bridgehead atoms. The molecule has 0 aromatic rings. The second-order valence-electron chi connectivity index (χ2n) is 6.79. The largest absolute Gasteiger partial charge is 0.367 e. The summed E-state index contributed by atoms with van der Waals surface area (Å²) in [7, 11) is 0. The smallest absolute Gasteiger partial charge is 0.133 e. The fraction of sp³-hybridized carbons (Fsp3) is 0.857. The van der Waals surface area contributed by atoms with Crippen LogP contribution in [0.15, 0.2) is 20.2 Å². The molecular formula is C14H27ClN6. The van der Waals surface area contributed by atoms with E-state index < -0.39 is 11.1 Å². The molecule has 6 nitrogen and oxygen atoms in total. The molecule has 0 aromatic carbocycles. The van der Waals surface area contributed by atoms with Crippen molar-refractivity contribution < 1.29 is 0 Å². The molecule has 2 heterocycles. The fourth-order valence-corrected chi connectivity index (χ4v) is 2.19. The monoisotopic (exact) mass is 314 g/mol. The second kappa shape index (κ2) is 6.30. The maximum absolute atomic E-state index is 4.52. The second-order valence-corrected chi connectivity index (χ2v) is 6.79. The van der Waals surface area contributed by atoms with Gasteiger partial charge >= 0.3 is 0 Å². The van der Waals surface area contributed by atoms with Crippen LogP contribution in [0.4, 0.5) is 0 Å². The average molecular weight is 315 g/mol. The van der Waals surface area contributed by atoms with Gasteiger partial charge in [-0.05, 0) is 41.5 Å². The summed E-state index contributed by atoms with van der Waals surface area (Å²) >= 11 is 0. The van der Waals surface area contributed by atoms with Crippen LogP contribution in [0.5, 0.6) is 0 Å². The number of azo groups is 1. The Bertz CT molecular complexity index is 424. The lowest BCUT2D eigenvalue weighted by Gasteiger charge is -2.24. The molecule has 0 aromatic heterocycles. The van der Waals surface area contributed by atoms with Gasteiger partial charge in [-0.1, -0.05) is 0 Å². The molecule has 0 saturated carbocycles. The summed E-state index contributed by atoms with van der Waals surface area (Å²) in [4.78, 5) is 9.01. The summed E-state index contributed by atoms with van der Waals surface area (Å²) in [5.74, 6) is 1.83. The first-order chi connectivity index (χ1) is 9.21. The van der Waals surface area contributed by atoms with Gasteiger partial charge in [0.05, 0.1) is 13.1 Å². The van der Waals surface area contributed by atoms with E-state index in [-0.39, 0.29) is 12.4 Å². The van der Waals surface area contributed by atoms with Gasteiger partial charge in [-0.3, -0.25) is 9.98 Å². The Hall–Kier alpha value is -1.17. The molecule has 120 valence electrons. The maximum Gasteiger partial charge on any atom is 0.133 e. The molecule has 0 amide bonds. The van der Waals surface area contributed by atoms with Gasteiger partial charge in [0.1, 0.15) is 22.7 Å². The van der Waals surface area contributed by atoms with E-state index in [0.29, 0.717) is 12.1 Å². The highest BCUT2D eigenvalue weighted by atomic mass is 35.5. The minimum atomic E-state index is -0.424. The first kappa shape index (κ1) is 17.9. The zero-order chi connectivity index (χ0) is 15.0. The van der Waals surface area contributed by atoms with E-state index in [1.54, 1.807) is 0 Å². The molecule has 0 aliphatic carbocycles. The van der Waals surface area contributed by atoms with Crippen LogP contribution < -0.4 is 10.6 Å². The number of halogens is 1. The van der Waals surface area contributed by atoms with Crippen molar-refractivity contribution in [3.8, 4) is 0 Å². The van der Waals surface area contributed by atoms with E-state index in [2.05, 4.69) is 44.7 Å². The molecule has 2 aliphatic heterocycles. The van der Waals surface area contributed by atoms with Crippen molar-refractivity contribution in [2.24, 2.45) is 20.2 Å². The summed E-state index contributed by atoms with van der Waals surface area (Å²) in [5.41, 5.74) is -0.848. The number of hydrogen-bond acceptors (Lipinski definition) is 6. The van der Waals surface area contributed by atoms with Crippen LogP contribution in [0.1, 0.15) is 41.5 Å². The van der Waals surface area contributed by atoms with Gasteiger partial charge in [0.15, 0.2) is 0 Å². The van der Waals surface area contributed by atoms with Crippen molar-refractivity contribution in [1.29, 1.82) is 0 Å². The van der Waals surface area contributed by atoms with Gasteiger partial charge in [-0.25, -0.2) is 0 Å². The molecule has 2 aliphatic rings. The predicted octanol–water partition coefficient (Wildman–Crippen LogP) is 2.20. The Kier molecular flexibility index (Phi) is 5.36. The standard InChI is InChI=1S/C14H26N6.ClH/c1-9-7-15-11(17-9)13(3,4)19-20-14(5,6)12-16-8-10(2)18-12;/h9-10H,7-8H2,1-6H3,(H,15,17)(H,16,18);1H/b20-19+;. The number of amidine groups is 2. The molecule has 0 fully saturated rings. The van der Waals surface area contributed by atoms with Gasteiger partial charge in [0.2, 0.25) is 0 Å². The third-order valence-corrected chi connectivity index (χ3v) is 3.52. The van der Waals surface area contributed by atoms with Gasteiger partial charge in [0.25, 0.3) is 0 Å². The third-order valence-electron chi connectivity index (χ3n) is 3.52. The molecule has 21 heavy (non-hydrogen) atoms. The van der Waals surface area contributed by atoms with Crippen molar-refractivity contribution in [3.63, 3.8) is 0 Å². The molecule has 2 unspecified atom stereocenters. The van der Waals surface area contributed by atoms with Crippen molar-refractivity contribution in [1.82, 2.24) is 10.6 Å². The van der Waals surface area contributed by atoms with E-state index in [9.17, 15) is 0 Å². The first-order valence-electron chi connectivity index (χ1n) is 7.28. The highest BCUT2D eigenvalue weighted by molar-refractivity contribution is 5.93. The Morgan fingerprint density at radius 1 is 0.857 bits per heavy atom. The quantitative estimate of drug-likeness (QED) is 0.781. The van der Waals surface area contributed by atoms with Crippen LogP contribution in [0.25, 0.3) is 0 Å². The third kappa shape index (κ3) is 4.15. The van der Waals surface area contributed by atoms with Crippen LogP contribution in [-0.2, 0) is 0 Å². The van der Waals surface area contributed by atoms with E-state index in [1.165, 1.54) is 0 Å². The summed E-state index contributed by atoms with van der Waals surface area (Å²) in [6.07, 6.45) is 0. The zero-order valence-electron chi connectivity index (χ0n) is 13.8. The maximum atomic E-state index is 4.52. The topological polar surface area (TPSA) is 73.5 Å². The lowest BCUT2D eigenvalue weighted by molar-refractivity contribution is 0.546.